The predicted molar refractivity (Wildman–Crippen MR) is 85.3 cm³/mol. The first kappa shape index (κ1) is 14.8. The molecule has 0 amide bonds. The van der Waals surface area contributed by atoms with Crippen LogP contribution in [0.1, 0.15) is 10.4 Å². The number of aromatic nitrogens is 1. The second kappa shape index (κ2) is 4.96. The molecule has 0 aliphatic carbocycles. The Hall–Kier alpha value is -2.12. The van der Waals surface area contributed by atoms with E-state index in [0.717, 1.165) is 11.3 Å². The summed E-state index contributed by atoms with van der Waals surface area (Å²) in [5.74, 6) is -2.09. The Balaban J connectivity index is 2.72. The van der Waals surface area contributed by atoms with Crippen LogP contribution < -0.4 is 10.3 Å². The predicted octanol–water partition coefficient (Wildman–Crippen LogP) is 3.07. The third-order valence-electron chi connectivity index (χ3n) is 3.37. The molecule has 0 fully saturated rings. The van der Waals surface area contributed by atoms with Gasteiger partial charge in [0.2, 0.25) is 5.43 Å². The zero-order valence-corrected chi connectivity index (χ0v) is 13.1. The van der Waals surface area contributed by atoms with Gasteiger partial charge in [-0.3, -0.25) is 4.79 Å². The fourth-order valence-electron chi connectivity index (χ4n) is 2.49. The number of rotatable bonds is 2. The maximum atomic E-state index is 14.4. The molecule has 3 rings (SSSR count). The summed E-state index contributed by atoms with van der Waals surface area (Å²) in [7, 11) is 3.13. The molecule has 0 saturated carbocycles. The van der Waals surface area contributed by atoms with Crippen molar-refractivity contribution in [3.8, 4) is 0 Å². The first-order chi connectivity index (χ1) is 10.3. The molecule has 2 heterocycles. The minimum absolute atomic E-state index is 0.000185. The second-order valence-corrected chi connectivity index (χ2v) is 6.20. The van der Waals surface area contributed by atoms with E-state index >= 15 is 0 Å². The van der Waals surface area contributed by atoms with Crippen molar-refractivity contribution in [3.63, 3.8) is 0 Å². The van der Waals surface area contributed by atoms with E-state index in [9.17, 15) is 19.1 Å². The van der Waals surface area contributed by atoms with Crippen LogP contribution in [-0.2, 0) is 0 Å². The number of anilines is 1. The van der Waals surface area contributed by atoms with Crippen LogP contribution in [0.2, 0.25) is 5.02 Å². The maximum Gasteiger partial charge on any atom is 0.342 e. The fraction of sp³-hybridized carbons (Fsp3) is 0.143. The Labute approximate surface area is 132 Å². The van der Waals surface area contributed by atoms with Crippen LogP contribution in [0.4, 0.5) is 10.1 Å². The van der Waals surface area contributed by atoms with Crippen molar-refractivity contribution < 1.29 is 14.3 Å². The molecular formula is C14H10ClFN2O3S. The smallest absolute Gasteiger partial charge is 0.342 e. The van der Waals surface area contributed by atoms with Crippen LogP contribution >= 0.6 is 22.9 Å². The number of hydrogen-bond donors (Lipinski definition) is 1. The van der Waals surface area contributed by atoms with E-state index in [4.69, 9.17) is 11.6 Å². The summed E-state index contributed by atoms with van der Waals surface area (Å²) < 4.78 is 15.9. The van der Waals surface area contributed by atoms with Gasteiger partial charge in [0.25, 0.3) is 0 Å². The molecule has 0 atom stereocenters. The number of nitrogens with zero attached hydrogens (tertiary/aromatic N) is 2. The van der Waals surface area contributed by atoms with Crippen molar-refractivity contribution in [2.24, 2.45) is 0 Å². The van der Waals surface area contributed by atoms with Crippen molar-refractivity contribution >= 4 is 50.3 Å². The number of carboxylic acid groups (broad SMARTS) is 1. The Morgan fingerprint density at radius 2 is 2.14 bits per heavy atom. The lowest BCUT2D eigenvalue weighted by molar-refractivity contribution is 0.0697. The lowest BCUT2D eigenvalue weighted by atomic mass is 10.1. The number of thiazole rings is 1. The summed E-state index contributed by atoms with van der Waals surface area (Å²) in [5.41, 5.74) is -0.728. The van der Waals surface area contributed by atoms with E-state index < -0.39 is 17.2 Å². The molecule has 0 spiro atoms. The number of hydrogen-bond acceptors (Lipinski definition) is 4. The molecule has 0 saturated heterocycles. The van der Waals surface area contributed by atoms with Crippen molar-refractivity contribution in [3.05, 3.63) is 44.3 Å². The molecule has 0 bridgehead atoms. The molecule has 0 radical (unpaired) electrons. The van der Waals surface area contributed by atoms with E-state index in [1.165, 1.54) is 11.0 Å². The molecule has 0 aliphatic heterocycles. The third kappa shape index (κ3) is 1.89. The van der Waals surface area contributed by atoms with Gasteiger partial charge in [-0.25, -0.2) is 9.18 Å². The van der Waals surface area contributed by atoms with Crippen LogP contribution in [0.15, 0.2) is 22.4 Å². The maximum absolute atomic E-state index is 14.4. The zero-order valence-electron chi connectivity index (χ0n) is 11.6. The number of benzene rings is 1. The topological polar surface area (TPSA) is 62.0 Å². The van der Waals surface area contributed by atoms with E-state index in [1.807, 2.05) is 0 Å². The lowest BCUT2D eigenvalue weighted by Crippen LogP contribution is -2.21. The number of halogens is 2. The van der Waals surface area contributed by atoms with Gasteiger partial charge in [0, 0.05) is 25.7 Å². The standard InChI is InChI=1S/C14H10ClFN2O3S/c1-17(2)11-8-7(5-6(15)10(11)16)18-3-4-22-13(18)9(12(8)19)14(20)21/h3-5H,1-2H3,(H,20,21). The highest BCUT2D eigenvalue weighted by atomic mass is 35.5. The van der Waals surface area contributed by atoms with E-state index in [2.05, 4.69) is 0 Å². The van der Waals surface area contributed by atoms with Crippen LogP contribution in [0.5, 0.6) is 0 Å². The van der Waals surface area contributed by atoms with Crippen molar-refractivity contribution in [1.82, 2.24) is 4.40 Å². The molecule has 3 aromatic rings. The van der Waals surface area contributed by atoms with Crippen LogP contribution in [0.3, 0.4) is 0 Å². The van der Waals surface area contributed by atoms with Crippen molar-refractivity contribution in [2.45, 2.75) is 0 Å². The minimum Gasteiger partial charge on any atom is -0.477 e. The molecule has 1 aromatic carbocycles. The molecule has 114 valence electrons. The van der Waals surface area contributed by atoms with E-state index in [-0.39, 0.29) is 26.5 Å². The monoisotopic (exact) mass is 340 g/mol. The molecule has 8 heteroatoms. The third-order valence-corrected chi connectivity index (χ3v) is 4.53. The van der Waals surface area contributed by atoms with Crippen LogP contribution in [0, 0.1) is 5.82 Å². The number of carboxylic acids is 1. The first-order valence-corrected chi connectivity index (χ1v) is 7.44. The van der Waals surface area contributed by atoms with Crippen molar-refractivity contribution in [2.75, 3.05) is 19.0 Å². The highest BCUT2D eigenvalue weighted by molar-refractivity contribution is 7.16. The lowest BCUT2D eigenvalue weighted by Gasteiger charge is -2.18. The summed E-state index contributed by atoms with van der Waals surface area (Å²) >= 11 is 7.06. The number of aromatic carboxylic acids is 1. The molecule has 0 unspecified atom stereocenters. The summed E-state index contributed by atoms with van der Waals surface area (Å²) in [6, 6.07) is 1.34. The highest BCUT2D eigenvalue weighted by Gasteiger charge is 2.24. The molecule has 0 aliphatic rings. The Kier molecular flexibility index (Phi) is 3.34. The average Bonchev–Trinajstić information content (AvgIpc) is 2.89. The first-order valence-electron chi connectivity index (χ1n) is 6.18. The molecule has 1 N–H and O–H groups in total. The van der Waals surface area contributed by atoms with Gasteiger partial charge in [0.05, 0.1) is 21.6 Å². The SMILES string of the molecule is CN(C)c1c(F)c(Cl)cc2c1c(=O)c(C(=O)O)c1sccn12. The average molecular weight is 341 g/mol. The summed E-state index contributed by atoms with van der Waals surface area (Å²) in [4.78, 5) is 25.8. The van der Waals surface area contributed by atoms with Crippen LogP contribution in [0.25, 0.3) is 15.7 Å². The zero-order chi connectivity index (χ0) is 16.2. The largest absolute Gasteiger partial charge is 0.477 e. The van der Waals surface area contributed by atoms with Gasteiger partial charge in [-0.05, 0) is 6.07 Å². The Morgan fingerprint density at radius 3 is 2.73 bits per heavy atom. The van der Waals surface area contributed by atoms with Gasteiger partial charge in [0.1, 0.15) is 10.4 Å². The van der Waals surface area contributed by atoms with E-state index in [0.29, 0.717) is 5.52 Å². The van der Waals surface area contributed by atoms with Gasteiger partial charge in [-0.15, -0.1) is 11.3 Å². The quantitative estimate of drug-likeness (QED) is 0.778. The highest BCUT2D eigenvalue weighted by Crippen LogP contribution is 2.34. The number of fused-ring (bicyclic) bond motifs is 3. The Bertz CT molecular complexity index is 993. The van der Waals surface area contributed by atoms with Gasteiger partial charge in [-0.2, -0.15) is 0 Å². The van der Waals surface area contributed by atoms with Gasteiger partial charge in [-0.1, -0.05) is 11.6 Å². The normalized spacial score (nSPS) is 11.3. The summed E-state index contributed by atoms with van der Waals surface area (Å²) in [6.07, 6.45) is 1.63. The molecule has 22 heavy (non-hydrogen) atoms. The minimum atomic E-state index is -1.34. The summed E-state index contributed by atoms with van der Waals surface area (Å²) in [6.45, 7) is 0. The van der Waals surface area contributed by atoms with E-state index in [1.54, 1.807) is 30.1 Å². The van der Waals surface area contributed by atoms with Crippen molar-refractivity contribution in [1.29, 1.82) is 0 Å². The van der Waals surface area contributed by atoms with Crippen LogP contribution in [-0.4, -0.2) is 29.6 Å². The second-order valence-electron chi connectivity index (χ2n) is 4.90. The number of pyridine rings is 1. The Morgan fingerprint density at radius 1 is 1.45 bits per heavy atom. The van der Waals surface area contributed by atoms with Gasteiger partial charge < -0.3 is 14.4 Å². The van der Waals surface area contributed by atoms with Gasteiger partial charge >= 0.3 is 5.97 Å². The van der Waals surface area contributed by atoms with Gasteiger partial charge in [0.15, 0.2) is 5.82 Å². The molecular weight excluding hydrogens is 331 g/mol. The molecule has 5 nitrogen and oxygen atoms in total. The number of carbonyl (C=O) groups is 1. The molecule has 2 aromatic heterocycles. The summed E-state index contributed by atoms with van der Waals surface area (Å²) in [5, 5.41) is 10.9. The fourth-order valence-corrected chi connectivity index (χ4v) is 3.57.